The molecule has 0 aliphatic heterocycles. The molecular formula is C43H85NO3. The molecule has 0 aromatic rings. The highest BCUT2D eigenvalue weighted by Crippen LogP contribution is 2.16. The lowest BCUT2D eigenvalue weighted by molar-refractivity contribution is -0.123. The summed E-state index contributed by atoms with van der Waals surface area (Å²) in [5, 5.41) is 23.1. The van der Waals surface area contributed by atoms with Gasteiger partial charge < -0.3 is 15.5 Å². The summed E-state index contributed by atoms with van der Waals surface area (Å²) in [5.74, 6) is -0.0378. The first kappa shape index (κ1) is 46.1. The Bertz CT molecular complexity index is 637. The highest BCUT2D eigenvalue weighted by atomic mass is 16.3. The summed E-state index contributed by atoms with van der Waals surface area (Å²) in [6, 6.07) is -0.546. The zero-order valence-corrected chi connectivity index (χ0v) is 32.1. The Kier molecular flexibility index (Phi) is 38.8. The van der Waals surface area contributed by atoms with Gasteiger partial charge in [-0.15, -0.1) is 0 Å². The van der Waals surface area contributed by atoms with Crippen LogP contribution in [0.3, 0.4) is 0 Å². The second-order valence-corrected chi connectivity index (χ2v) is 14.8. The number of hydrogen-bond donors (Lipinski definition) is 3. The number of unbranched alkanes of at least 4 members (excludes halogenated alkanes) is 30. The van der Waals surface area contributed by atoms with Crippen LogP contribution in [0.2, 0.25) is 0 Å². The molecule has 47 heavy (non-hydrogen) atoms. The average Bonchev–Trinajstić information content (AvgIpc) is 3.07. The third-order valence-electron chi connectivity index (χ3n) is 10.0. The van der Waals surface area contributed by atoms with E-state index >= 15 is 0 Å². The lowest BCUT2D eigenvalue weighted by Crippen LogP contribution is -2.45. The van der Waals surface area contributed by atoms with E-state index in [2.05, 4.69) is 31.3 Å². The van der Waals surface area contributed by atoms with E-state index in [9.17, 15) is 15.0 Å². The molecule has 0 saturated heterocycles. The van der Waals surface area contributed by atoms with Gasteiger partial charge in [-0.1, -0.05) is 206 Å². The molecule has 4 nitrogen and oxygen atoms in total. The van der Waals surface area contributed by atoms with Gasteiger partial charge >= 0.3 is 0 Å². The highest BCUT2D eigenvalue weighted by molar-refractivity contribution is 5.76. The minimum absolute atomic E-state index is 0.0378. The molecule has 3 N–H and O–H groups in total. The maximum atomic E-state index is 12.4. The van der Waals surface area contributed by atoms with Gasteiger partial charge in [-0.2, -0.15) is 0 Å². The average molecular weight is 664 g/mol. The van der Waals surface area contributed by atoms with Gasteiger partial charge in [-0.25, -0.2) is 0 Å². The van der Waals surface area contributed by atoms with Crippen molar-refractivity contribution >= 4 is 5.91 Å². The topological polar surface area (TPSA) is 69.6 Å². The monoisotopic (exact) mass is 664 g/mol. The highest BCUT2D eigenvalue weighted by Gasteiger charge is 2.19. The van der Waals surface area contributed by atoms with E-state index in [1.165, 1.54) is 180 Å². The summed E-state index contributed by atoms with van der Waals surface area (Å²) in [7, 11) is 0. The Morgan fingerprint density at radius 2 is 0.809 bits per heavy atom. The van der Waals surface area contributed by atoms with Crippen LogP contribution in [-0.4, -0.2) is 34.9 Å². The molecular weight excluding hydrogens is 578 g/mol. The number of carbonyl (C=O) groups is 1. The quantitative estimate of drug-likeness (QED) is 0.0453. The van der Waals surface area contributed by atoms with E-state index < -0.39 is 12.1 Å². The fourth-order valence-electron chi connectivity index (χ4n) is 6.71. The van der Waals surface area contributed by atoms with Gasteiger partial charge in [0.05, 0.1) is 18.8 Å². The van der Waals surface area contributed by atoms with Crippen molar-refractivity contribution in [2.24, 2.45) is 0 Å². The van der Waals surface area contributed by atoms with Crippen molar-refractivity contribution in [3.63, 3.8) is 0 Å². The van der Waals surface area contributed by atoms with Gasteiger partial charge in [0.2, 0.25) is 5.91 Å². The van der Waals surface area contributed by atoms with E-state index in [1.54, 1.807) is 0 Å². The van der Waals surface area contributed by atoms with Crippen LogP contribution in [0.4, 0.5) is 0 Å². The van der Waals surface area contributed by atoms with E-state index in [0.29, 0.717) is 12.8 Å². The number of carbonyl (C=O) groups excluding carboxylic acids is 1. The molecule has 0 aliphatic rings. The largest absolute Gasteiger partial charge is 0.394 e. The van der Waals surface area contributed by atoms with Gasteiger partial charge in [0.1, 0.15) is 0 Å². The van der Waals surface area contributed by atoms with Crippen LogP contribution in [-0.2, 0) is 4.79 Å². The number of amides is 1. The molecule has 0 heterocycles. The fraction of sp³-hybridized carbons (Fsp3) is 0.930. The van der Waals surface area contributed by atoms with Gasteiger partial charge in [0, 0.05) is 6.42 Å². The first-order chi connectivity index (χ1) is 23.2. The van der Waals surface area contributed by atoms with Gasteiger partial charge in [0.25, 0.3) is 0 Å². The van der Waals surface area contributed by atoms with Crippen LogP contribution >= 0.6 is 0 Å². The lowest BCUT2D eigenvalue weighted by Gasteiger charge is -2.22. The summed E-state index contributed by atoms with van der Waals surface area (Å²) in [6.07, 6.45) is 48.6. The minimum atomic E-state index is -0.676. The van der Waals surface area contributed by atoms with E-state index in [4.69, 9.17) is 0 Å². The van der Waals surface area contributed by atoms with Gasteiger partial charge in [0.15, 0.2) is 0 Å². The zero-order valence-electron chi connectivity index (χ0n) is 32.1. The van der Waals surface area contributed by atoms with Crippen LogP contribution in [0.1, 0.15) is 239 Å². The number of aliphatic hydroxyl groups excluding tert-OH is 2. The zero-order chi connectivity index (χ0) is 34.3. The number of nitrogens with one attached hydrogen (secondary N) is 1. The van der Waals surface area contributed by atoms with E-state index in [-0.39, 0.29) is 12.5 Å². The number of aliphatic hydroxyl groups is 2. The molecule has 0 rings (SSSR count). The van der Waals surface area contributed by atoms with Crippen molar-refractivity contribution in [3.8, 4) is 0 Å². The predicted octanol–water partition coefficient (Wildman–Crippen LogP) is 13.1. The first-order valence-corrected chi connectivity index (χ1v) is 21.4. The van der Waals surface area contributed by atoms with Crippen molar-refractivity contribution < 1.29 is 15.0 Å². The molecule has 0 bridgehead atoms. The Morgan fingerprint density at radius 3 is 1.17 bits per heavy atom. The number of hydrogen-bond acceptors (Lipinski definition) is 3. The molecule has 1 amide bonds. The Morgan fingerprint density at radius 1 is 0.489 bits per heavy atom. The van der Waals surface area contributed by atoms with Crippen molar-refractivity contribution in [1.82, 2.24) is 5.32 Å². The summed E-state index contributed by atoms with van der Waals surface area (Å²) < 4.78 is 0. The minimum Gasteiger partial charge on any atom is -0.394 e. The molecule has 2 atom stereocenters. The molecule has 280 valence electrons. The van der Waals surface area contributed by atoms with Crippen molar-refractivity contribution in [2.45, 2.75) is 251 Å². The molecule has 0 spiro atoms. The Balaban J connectivity index is 3.46. The molecule has 0 fully saturated rings. The summed E-state index contributed by atoms with van der Waals surface area (Å²) in [4.78, 5) is 12.4. The van der Waals surface area contributed by atoms with Crippen LogP contribution < -0.4 is 5.32 Å². The maximum Gasteiger partial charge on any atom is 0.220 e. The van der Waals surface area contributed by atoms with Crippen LogP contribution in [0.15, 0.2) is 12.2 Å². The SMILES string of the molecule is CCCCCCCC/C=C/CCCC[C@@H](O)[C@H](CO)NC(=O)CCCCCCCCCCCCCCCCCCCCCCCCC. The number of rotatable bonds is 39. The molecule has 0 unspecified atom stereocenters. The van der Waals surface area contributed by atoms with Gasteiger partial charge in [-0.05, 0) is 38.5 Å². The fourth-order valence-corrected chi connectivity index (χ4v) is 6.71. The molecule has 0 aliphatic carbocycles. The van der Waals surface area contributed by atoms with Crippen LogP contribution in [0, 0.1) is 0 Å². The van der Waals surface area contributed by atoms with Gasteiger partial charge in [-0.3, -0.25) is 4.79 Å². The Labute approximate surface area is 295 Å². The third kappa shape index (κ3) is 36.2. The molecule has 0 radical (unpaired) electrons. The molecule has 0 saturated carbocycles. The number of allylic oxidation sites excluding steroid dienone is 2. The summed E-state index contributed by atoms with van der Waals surface area (Å²) in [5.41, 5.74) is 0. The molecule has 0 aromatic carbocycles. The normalized spacial score (nSPS) is 13.0. The standard InChI is InChI=1S/C43H85NO3/c1-3-5-7-9-11-13-15-17-18-19-20-21-22-23-24-25-26-27-29-31-33-35-37-39-43(47)44-41(40-45)42(46)38-36-34-32-30-28-16-14-12-10-8-6-4-2/h28,30,41-42,45-46H,3-27,29,31-40H2,1-2H3,(H,44,47)/b30-28+/t41-,42+/m0/s1. The Hall–Kier alpha value is -0.870. The van der Waals surface area contributed by atoms with Crippen LogP contribution in [0.25, 0.3) is 0 Å². The second kappa shape index (κ2) is 39.6. The van der Waals surface area contributed by atoms with Crippen molar-refractivity contribution in [3.05, 3.63) is 12.2 Å². The second-order valence-electron chi connectivity index (χ2n) is 14.8. The molecule has 4 heteroatoms. The third-order valence-corrected chi connectivity index (χ3v) is 10.0. The lowest BCUT2D eigenvalue weighted by atomic mass is 10.0. The maximum absolute atomic E-state index is 12.4. The van der Waals surface area contributed by atoms with Crippen molar-refractivity contribution in [2.75, 3.05) is 6.61 Å². The summed E-state index contributed by atoms with van der Waals surface area (Å²) in [6.45, 7) is 4.35. The van der Waals surface area contributed by atoms with Crippen LogP contribution in [0.5, 0.6) is 0 Å². The van der Waals surface area contributed by atoms with E-state index in [1.807, 2.05) is 0 Å². The van der Waals surface area contributed by atoms with E-state index in [0.717, 1.165) is 32.1 Å². The smallest absolute Gasteiger partial charge is 0.220 e. The predicted molar refractivity (Wildman–Crippen MR) is 207 cm³/mol. The first-order valence-electron chi connectivity index (χ1n) is 21.4. The van der Waals surface area contributed by atoms with Crippen molar-refractivity contribution in [1.29, 1.82) is 0 Å². The summed E-state index contributed by atoms with van der Waals surface area (Å²) >= 11 is 0. The molecule has 0 aromatic heterocycles.